The molecular weight excluding hydrogens is 437 g/mol. The van der Waals surface area contributed by atoms with Crippen LogP contribution < -0.4 is 0 Å². The Morgan fingerprint density at radius 3 is 1.58 bits per heavy atom. The molecule has 2 aromatic carbocycles. The van der Waals surface area contributed by atoms with Gasteiger partial charge in [-0.05, 0) is 58.7 Å². The Kier molecular flexibility index (Phi) is 7.08. The number of unbranched alkanes of at least 4 members (excludes halogenated alkanes) is 1. The van der Waals surface area contributed by atoms with Crippen molar-refractivity contribution >= 4 is 86.3 Å². The van der Waals surface area contributed by atoms with Crippen LogP contribution in [0.4, 0.5) is 0 Å². The number of hydrogen-bond acceptors (Lipinski definition) is 8. The number of fused-ring (bicyclic) bond motifs is 2. The van der Waals surface area contributed by atoms with Crippen molar-refractivity contribution in [2.45, 2.75) is 21.5 Å². The molecule has 8 heteroatoms. The molecule has 0 spiro atoms. The zero-order valence-corrected chi connectivity index (χ0v) is 18.7. The highest BCUT2D eigenvalue weighted by Crippen LogP contribution is 2.38. The first kappa shape index (κ1) is 19.0. The van der Waals surface area contributed by atoms with Gasteiger partial charge in [0.25, 0.3) is 0 Å². The van der Waals surface area contributed by atoms with Gasteiger partial charge in [0.1, 0.15) is 0 Å². The summed E-state index contributed by atoms with van der Waals surface area (Å²) in [7, 11) is 7.46. The Bertz CT molecular complexity index is 834. The van der Waals surface area contributed by atoms with Crippen LogP contribution in [0.5, 0.6) is 0 Å². The topological polar surface area (TPSA) is 25.8 Å². The largest absolute Gasteiger partial charge is 0.229 e. The second kappa shape index (κ2) is 9.71. The minimum atomic E-state index is 1.11. The van der Waals surface area contributed by atoms with Crippen LogP contribution in [0.25, 0.3) is 20.4 Å². The van der Waals surface area contributed by atoms with Gasteiger partial charge >= 0.3 is 0 Å². The summed E-state index contributed by atoms with van der Waals surface area (Å²) in [6, 6.07) is 16.7. The number of nitrogens with zero attached hydrogens (tertiary/aromatic N) is 2. The van der Waals surface area contributed by atoms with Gasteiger partial charge in [0.2, 0.25) is 0 Å². The highest BCUT2D eigenvalue weighted by molar-refractivity contribution is 8.77. The highest BCUT2D eigenvalue weighted by atomic mass is 33.1. The quantitative estimate of drug-likeness (QED) is 0.189. The molecule has 4 aromatic rings. The molecule has 0 unspecified atom stereocenters. The van der Waals surface area contributed by atoms with Gasteiger partial charge in [0, 0.05) is 11.5 Å². The molecule has 4 rings (SSSR count). The molecule has 2 nitrogen and oxygen atoms in total. The Morgan fingerprint density at radius 2 is 1.12 bits per heavy atom. The molecule has 0 aliphatic rings. The number of para-hydroxylation sites is 2. The fourth-order valence-corrected chi connectivity index (χ4v) is 9.28. The summed E-state index contributed by atoms with van der Waals surface area (Å²) in [4.78, 5) is 9.32. The summed E-state index contributed by atoms with van der Waals surface area (Å²) < 4.78 is 4.88. The number of thiazole rings is 2. The minimum Gasteiger partial charge on any atom is -0.229 e. The molecule has 2 aromatic heterocycles. The van der Waals surface area contributed by atoms with Crippen molar-refractivity contribution < 1.29 is 0 Å². The Morgan fingerprint density at radius 1 is 0.654 bits per heavy atom. The van der Waals surface area contributed by atoms with Gasteiger partial charge in [0.05, 0.1) is 20.4 Å². The lowest BCUT2D eigenvalue weighted by Crippen LogP contribution is -1.81. The fraction of sp³-hybridized carbons (Fsp3) is 0.222. The summed E-state index contributed by atoms with van der Waals surface area (Å²) in [5, 5.41) is 0. The summed E-state index contributed by atoms with van der Waals surface area (Å²) in [5.41, 5.74) is 2.23. The van der Waals surface area contributed by atoms with Gasteiger partial charge in [-0.25, -0.2) is 9.97 Å². The smallest absolute Gasteiger partial charge is 0.161 e. The average molecular weight is 453 g/mol. The van der Waals surface area contributed by atoms with E-state index in [-0.39, 0.29) is 0 Å². The number of benzene rings is 2. The third-order valence-electron chi connectivity index (χ3n) is 3.51. The van der Waals surface area contributed by atoms with Crippen molar-refractivity contribution in [3.63, 3.8) is 0 Å². The molecule has 0 radical (unpaired) electrons. The van der Waals surface area contributed by atoms with Crippen molar-refractivity contribution in [1.29, 1.82) is 0 Å². The molecule has 0 atom stereocenters. The zero-order chi connectivity index (χ0) is 17.6. The van der Waals surface area contributed by atoms with E-state index >= 15 is 0 Å². The van der Waals surface area contributed by atoms with E-state index in [1.165, 1.54) is 33.7 Å². The van der Waals surface area contributed by atoms with Crippen LogP contribution in [0.1, 0.15) is 12.8 Å². The van der Waals surface area contributed by atoms with E-state index in [1.54, 1.807) is 22.7 Å². The van der Waals surface area contributed by atoms with Crippen molar-refractivity contribution in [1.82, 2.24) is 9.97 Å². The van der Waals surface area contributed by atoms with Crippen LogP contribution in [-0.2, 0) is 0 Å². The summed E-state index contributed by atoms with van der Waals surface area (Å²) >= 11 is 3.57. The third kappa shape index (κ3) is 5.11. The molecule has 2 heterocycles. The lowest BCUT2D eigenvalue weighted by Gasteiger charge is -1.99. The van der Waals surface area contributed by atoms with E-state index in [1.807, 2.05) is 55.3 Å². The molecule has 0 saturated heterocycles. The first-order valence-corrected chi connectivity index (χ1v) is 14.5. The monoisotopic (exact) mass is 452 g/mol. The highest BCUT2D eigenvalue weighted by Gasteiger charge is 2.05. The lowest BCUT2D eigenvalue weighted by atomic mass is 10.3. The Labute approximate surface area is 176 Å². The van der Waals surface area contributed by atoms with E-state index in [0.717, 1.165) is 19.7 Å². The van der Waals surface area contributed by atoms with Crippen molar-refractivity contribution in [3.8, 4) is 0 Å². The predicted molar refractivity (Wildman–Crippen MR) is 125 cm³/mol. The molecule has 134 valence electrons. The summed E-state index contributed by atoms with van der Waals surface area (Å²) in [5.74, 6) is 2.35. The first-order valence-electron chi connectivity index (χ1n) is 8.18. The normalized spacial score (nSPS) is 11.5. The second-order valence-corrected chi connectivity index (χ2v) is 12.8. The molecular formula is C18H16N2S6. The van der Waals surface area contributed by atoms with Gasteiger partial charge in [-0.15, -0.1) is 22.7 Å². The fourth-order valence-electron chi connectivity index (χ4n) is 2.28. The standard InChI is InChI=1S/C18H16N2S6/c1-3-9-15-13(7-1)19-17(23-15)25-21-11-5-6-12-22-26-18-20-14-8-2-4-10-16(14)24-18/h1-4,7-10H,5-6,11-12H2. The van der Waals surface area contributed by atoms with E-state index in [0.29, 0.717) is 0 Å². The van der Waals surface area contributed by atoms with E-state index in [2.05, 4.69) is 46.4 Å². The molecule has 0 amide bonds. The van der Waals surface area contributed by atoms with Crippen LogP contribution in [0.2, 0.25) is 0 Å². The molecule has 26 heavy (non-hydrogen) atoms. The molecule has 0 N–H and O–H groups in total. The van der Waals surface area contributed by atoms with Gasteiger partial charge in [-0.1, -0.05) is 45.9 Å². The van der Waals surface area contributed by atoms with Crippen LogP contribution in [-0.4, -0.2) is 21.5 Å². The molecule has 0 fully saturated rings. The van der Waals surface area contributed by atoms with Crippen molar-refractivity contribution in [2.24, 2.45) is 0 Å². The first-order chi connectivity index (χ1) is 12.9. The second-order valence-electron chi connectivity index (χ2n) is 5.41. The van der Waals surface area contributed by atoms with Crippen LogP contribution in [0.15, 0.2) is 57.2 Å². The molecule has 0 aliphatic carbocycles. The van der Waals surface area contributed by atoms with Crippen LogP contribution >= 0.6 is 65.8 Å². The average Bonchev–Trinajstić information content (AvgIpc) is 3.26. The van der Waals surface area contributed by atoms with Gasteiger partial charge in [-0.2, -0.15) is 0 Å². The Balaban J connectivity index is 1.10. The maximum Gasteiger partial charge on any atom is 0.161 e. The summed E-state index contributed by atoms with van der Waals surface area (Å²) in [6.07, 6.45) is 2.49. The van der Waals surface area contributed by atoms with E-state index in [9.17, 15) is 0 Å². The van der Waals surface area contributed by atoms with Crippen molar-refractivity contribution in [3.05, 3.63) is 48.5 Å². The lowest BCUT2D eigenvalue weighted by molar-refractivity contribution is 0.911. The van der Waals surface area contributed by atoms with Crippen LogP contribution in [0.3, 0.4) is 0 Å². The molecule has 0 bridgehead atoms. The van der Waals surface area contributed by atoms with E-state index < -0.39 is 0 Å². The minimum absolute atomic E-state index is 1.11. The van der Waals surface area contributed by atoms with Crippen LogP contribution in [0, 0.1) is 0 Å². The summed E-state index contributed by atoms with van der Waals surface area (Å²) in [6.45, 7) is 0. The van der Waals surface area contributed by atoms with Gasteiger partial charge in [-0.3, -0.25) is 0 Å². The third-order valence-corrected chi connectivity index (χ3v) is 11.1. The number of aromatic nitrogens is 2. The number of hydrogen-bond donors (Lipinski definition) is 0. The van der Waals surface area contributed by atoms with Crippen molar-refractivity contribution in [2.75, 3.05) is 11.5 Å². The molecule has 0 saturated carbocycles. The SMILES string of the molecule is c1ccc2sc(SSCCCCSSc3nc4ccccc4s3)nc2c1. The Hall–Kier alpha value is -0.380. The maximum atomic E-state index is 4.66. The van der Waals surface area contributed by atoms with E-state index in [4.69, 9.17) is 0 Å². The maximum absolute atomic E-state index is 4.66. The molecule has 0 aliphatic heterocycles. The van der Waals surface area contributed by atoms with Gasteiger partial charge < -0.3 is 0 Å². The number of rotatable bonds is 9. The predicted octanol–water partition coefficient (Wildman–Crippen LogP) is 7.87. The van der Waals surface area contributed by atoms with Gasteiger partial charge in [0.15, 0.2) is 8.68 Å². The zero-order valence-electron chi connectivity index (χ0n) is 13.8.